The van der Waals surface area contributed by atoms with Crippen LogP contribution in [0.15, 0.2) is 12.1 Å². The summed E-state index contributed by atoms with van der Waals surface area (Å²) in [6.07, 6.45) is 1.49. The normalized spacial score (nSPS) is 15.7. The summed E-state index contributed by atoms with van der Waals surface area (Å²) >= 11 is 0. The molecule has 1 fully saturated rings. The Bertz CT molecular complexity index is 637. The van der Waals surface area contributed by atoms with Crippen molar-refractivity contribution in [3.8, 4) is 23.3 Å². The minimum Gasteiger partial charge on any atom is -0.493 e. The lowest BCUT2D eigenvalue weighted by atomic mass is 9.85. The van der Waals surface area contributed by atoms with Gasteiger partial charge in [-0.3, -0.25) is 4.79 Å². The van der Waals surface area contributed by atoms with Crippen LogP contribution in [0, 0.1) is 23.2 Å². The van der Waals surface area contributed by atoms with Crippen LogP contribution in [0.5, 0.6) is 17.2 Å². The van der Waals surface area contributed by atoms with E-state index < -0.39 is 11.9 Å². The molecule has 0 aliphatic carbocycles. The minimum absolute atomic E-state index is 0.0114. The topological polar surface area (TPSA) is 81.0 Å². The van der Waals surface area contributed by atoms with Crippen LogP contribution in [0.25, 0.3) is 0 Å². The van der Waals surface area contributed by atoms with Crippen LogP contribution in [0.1, 0.15) is 19.8 Å². The molecular weight excluding hydrogens is 336 g/mol. The van der Waals surface area contributed by atoms with E-state index in [1.807, 2.05) is 12.1 Å². The molecular formula is C19H26N2O5. The number of methoxy groups -OCH3 is 3. The number of nitrogens with zero attached hydrogens (tertiary/aromatic N) is 2. The van der Waals surface area contributed by atoms with E-state index in [-0.39, 0.29) is 5.92 Å². The van der Waals surface area contributed by atoms with Gasteiger partial charge in [0.1, 0.15) is 5.92 Å². The molecule has 1 aliphatic heterocycles. The molecule has 2 rings (SSSR count). The van der Waals surface area contributed by atoms with Crippen LogP contribution in [-0.2, 0) is 9.53 Å². The van der Waals surface area contributed by atoms with E-state index in [9.17, 15) is 10.1 Å². The molecule has 1 saturated heterocycles. The standard InChI is InChI=1S/C19H26N2O5/c1-5-26-19(22)15(12-20)13-6-8-21(9-7-13)14-10-16(23-2)18(25-4)17(11-14)24-3/h10-11,13,15H,5-9H2,1-4H3. The summed E-state index contributed by atoms with van der Waals surface area (Å²) in [5.41, 5.74) is 0.961. The Morgan fingerprint density at radius 2 is 1.77 bits per heavy atom. The Kier molecular flexibility index (Phi) is 6.96. The number of carbonyl (C=O) groups excluding carboxylic acids is 1. The lowest BCUT2D eigenvalue weighted by molar-refractivity contribution is -0.147. The maximum absolute atomic E-state index is 12.0. The third-order valence-electron chi connectivity index (χ3n) is 4.71. The lowest BCUT2D eigenvalue weighted by Crippen LogP contribution is -2.38. The lowest BCUT2D eigenvalue weighted by Gasteiger charge is -2.35. The summed E-state index contributed by atoms with van der Waals surface area (Å²) in [7, 11) is 4.75. The number of ether oxygens (including phenoxy) is 4. The highest BCUT2D eigenvalue weighted by Gasteiger charge is 2.33. The summed E-state index contributed by atoms with van der Waals surface area (Å²) < 4.78 is 21.2. The number of rotatable bonds is 7. The number of piperidine rings is 1. The number of hydrogen-bond acceptors (Lipinski definition) is 7. The molecule has 0 N–H and O–H groups in total. The summed E-state index contributed by atoms with van der Waals surface area (Å²) in [6.45, 7) is 3.52. The van der Waals surface area contributed by atoms with E-state index in [0.717, 1.165) is 31.6 Å². The summed E-state index contributed by atoms with van der Waals surface area (Å²) in [5.74, 6) is 0.659. The number of carbonyl (C=O) groups is 1. The van der Waals surface area contributed by atoms with Gasteiger partial charge in [0.2, 0.25) is 5.75 Å². The molecule has 0 aromatic heterocycles. The van der Waals surface area contributed by atoms with Gasteiger partial charge in [-0.05, 0) is 25.7 Å². The fourth-order valence-corrected chi connectivity index (χ4v) is 3.32. The van der Waals surface area contributed by atoms with Gasteiger partial charge in [0.15, 0.2) is 11.5 Å². The molecule has 7 nitrogen and oxygen atoms in total. The maximum atomic E-state index is 12.0. The van der Waals surface area contributed by atoms with E-state index in [4.69, 9.17) is 18.9 Å². The second kappa shape index (κ2) is 9.18. The van der Waals surface area contributed by atoms with Crippen molar-refractivity contribution in [2.45, 2.75) is 19.8 Å². The summed E-state index contributed by atoms with van der Waals surface area (Å²) in [6, 6.07) is 5.94. The van der Waals surface area contributed by atoms with Gasteiger partial charge < -0.3 is 23.8 Å². The molecule has 1 heterocycles. The molecule has 26 heavy (non-hydrogen) atoms. The molecule has 142 valence electrons. The van der Waals surface area contributed by atoms with E-state index >= 15 is 0 Å². The van der Waals surface area contributed by atoms with Crippen LogP contribution in [0.2, 0.25) is 0 Å². The predicted octanol–water partition coefficient (Wildman–Crippen LogP) is 2.63. The van der Waals surface area contributed by atoms with Crippen molar-refractivity contribution < 1.29 is 23.7 Å². The molecule has 0 bridgehead atoms. The molecule has 7 heteroatoms. The first-order valence-electron chi connectivity index (χ1n) is 8.70. The number of nitriles is 1. The third-order valence-corrected chi connectivity index (χ3v) is 4.71. The van der Waals surface area contributed by atoms with Gasteiger partial charge in [0.05, 0.1) is 34.0 Å². The molecule has 1 atom stereocenters. The first-order valence-corrected chi connectivity index (χ1v) is 8.70. The molecule has 1 aromatic rings. The van der Waals surface area contributed by atoms with Crippen molar-refractivity contribution in [3.63, 3.8) is 0 Å². The first-order chi connectivity index (χ1) is 12.6. The van der Waals surface area contributed by atoms with Crippen molar-refractivity contribution in [2.75, 3.05) is 45.9 Å². The molecule has 0 saturated carbocycles. The molecule has 0 amide bonds. The minimum atomic E-state index is -0.697. The quantitative estimate of drug-likeness (QED) is 0.690. The summed E-state index contributed by atoms with van der Waals surface area (Å²) in [5, 5.41) is 9.34. The molecule has 1 aliphatic rings. The van der Waals surface area contributed by atoms with Gasteiger partial charge in [-0.2, -0.15) is 5.26 Å². The van der Waals surface area contributed by atoms with Crippen LogP contribution < -0.4 is 19.1 Å². The number of esters is 1. The highest BCUT2D eigenvalue weighted by atomic mass is 16.5. The van der Waals surface area contributed by atoms with Gasteiger partial charge in [0.25, 0.3) is 0 Å². The van der Waals surface area contributed by atoms with Crippen LogP contribution in [-0.4, -0.2) is 47.0 Å². The molecule has 0 spiro atoms. The predicted molar refractivity (Wildman–Crippen MR) is 96.8 cm³/mol. The van der Waals surface area contributed by atoms with Gasteiger partial charge in [0, 0.05) is 30.9 Å². The Morgan fingerprint density at radius 1 is 1.19 bits per heavy atom. The van der Waals surface area contributed by atoms with E-state index in [0.29, 0.717) is 23.9 Å². The number of benzene rings is 1. The largest absolute Gasteiger partial charge is 0.493 e. The second-order valence-electron chi connectivity index (χ2n) is 6.07. The Balaban J connectivity index is 2.12. The van der Waals surface area contributed by atoms with Gasteiger partial charge in [-0.15, -0.1) is 0 Å². The van der Waals surface area contributed by atoms with Crippen molar-refractivity contribution in [1.29, 1.82) is 5.26 Å². The van der Waals surface area contributed by atoms with Crippen molar-refractivity contribution in [1.82, 2.24) is 0 Å². The Labute approximate surface area is 154 Å². The van der Waals surface area contributed by atoms with E-state index in [1.54, 1.807) is 28.3 Å². The third kappa shape index (κ3) is 4.13. The zero-order valence-corrected chi connectivity index (χ0v) is 15.8. The molecule has 1 aromatic carbocycles. The van der Waals surface area contributed by atoms with Crippen molar-refractivity contribution in [3.05, 3.63) is 12.1 Å². The fraction of sp³-hybridized carbons (Fsp3) is 0.579. The number of hydrogen-bond donors (Lipinski definition) is 0. The monoisotopic (exact) mass is 362 g/mol. The van der Waals surface area contributed by atoms with Crippen LogP contribution in [0.3, 0.4) is 0 Å². The smallest absolute Gasteiger partial charge is 0.323 e. The average molecular weight is 362 g/mol. The zero-order valence-electron chi connectivity index (χ0n) is 15.8. The maximum Gasteiger partial charge on any atom is 0.323 e. The summed E-state index contributed by atoms with van der Waals surface area (Å²) in [4.78, 5) is 14.2. The average Bonchev–Trinajstić information content (AvgIpc) is 2.68. The van der Waals surface area contributed by atoms with E-state index in [1.165, 1.54) is 0 Å². The van der Waals surface area contributed by atoms with Crippen molar-refractivity contribution in [2.24, 2.45) is 11.8 Å². The SMILES string of the molecule is CCOC(=O)C(C#N)C1CCN(c2cc(OC)c(OC)c(OC)c2)CC1. The van der Waals surface area contributed by atoms with E-state index in [2.05, 4.69) is 11.0 Å². The zero-order chi connectivity index (χ0) is 19.1. The molecule has 0 radical (unpaired) electrons. The Hall–Kier alpha value is -2.62. The fourth-order valence-electron chi connectivity index (χ4n) is 3.32. The highest BCUT2D eigenvalue weighted by Crippen LogP contribution is 2.42. The molecule has 1 unspecified atom stereocenters. The van der Waals surface area contributed by atoms with Crippen LogP contribution >= 0.6 is 0 Å². The second-order valence-corrected chi connectivity index (χ2v) is 6.07. The van der Waals surface area contributed by atoms with Gasteiger partial charge in [-0.1, -0.05) is 0 Å². The van der Waals surface area contributed by atoms with Crippen LogP contribution in [0.4, 0.5) is 5.69 Å². The Morgan fingerprint density at radius 3 is 2.19 bits per heavy atom. The van der Waals surface area contributed by atoms with Gasteiger partial charge >= 0.3 is 5.97 Å². The first kappa shape index (κ1) is 19.7. The van der Waals surface area contributed by atoms with Crippen molar-refractivity contribution >= 4 is 11.7 Å². The number of anilines is 1. The van der Waals surface area contributed by atoms with Gasteiger partial charge in [-0.25, -0.2) is 0 Å². The highest BCUT2D eigenvalue weighted by molar-refractivity contribution is 5.75.